The summed E-state index contributed by atoms with van der Waals surface area (Å²) in [6.45, 7) is 0. The number of hydrogen-bond donors (Lipinski definition) is 2. The fraction of sp³-hybridized carbons (Fsp3) is 0.100. The number of halogens is 1. The third-order valence-electron chi connectivity index (χ3n) is 2.00. The molecule has 2 aromatic rings. The normalized spacial score (nSPS) is 12.9. The molecule has 78 valence electrons. The number of hydrogen-bond acceptors (Lipinski definition) is 3. The van der Waals surface area contributed by atoms with Crippen molar-refractivity contribution in [3.05, 3.63) is 35.8 Å². The monoisotopic (exact) mass is 210 g/mol. The molecule has 2 N–H and O–H groups in total. The highest BCUT2D eigenvalue weighted by molar-refractivity contribution is 5.80. The minimum Gasteiger partial charge on any atom is -0.479 e. The SMILES string of the molecule is O=C(O)C(O)c1cc2ccc(F)cc2o1. The number of benzene rings is 1. The Bertz CT molecular complexity index is 517. The first-order valence-electron chi connectivity index (χ1n) is 4.18. The Balaban J connectivity index is 2.51. The van der Waals surface area contributed by atoms with E-state index in [1.807, 2.05) is 0 Å². The van der Waals surface area contributed by atoms with Crippen LogP contribution >= 0.6 is 0 Å². The summed E-state index contributed by atoms with van der Waals surface area (Å²) in [4.78, 5) is 10.5. The average molecular weight is 210 g/mol. The van der Waals surface area contributed by atoms with Gasteiger partial charge in [-0.1, -0.05) is 0 Å². The summed E-state index contributed by atoms with van der Waals surface area (Å²) < 4.78 is 17.8. The lowest BCUT2D eigenvalue weighted by atomic mass is 10.2. The molecule has 1 heterocycles. The van der Waals surface area contributed by atoms with Gasteiger partial charge in [0, 0.05) is 11.5 Å². The molecule has 0 spiro atoms. The van der Waals surface area contributed by atoms with Crippen LogP contribution < -0.4 is 0 Å². The lowest BCUT2D eigenvalue weighted by molar-refractivity contribution is -0.147. The maximum atomic E-state index is 12.8. The van der Waals surface area contributed by atoms with Crippen LogP contribution in [0, 0.1) is 5.82 Å². The number of carboxylic acid groups (broad SMARTS) is 1. The lowest BCUT2D eigenvalue weighted by Crippen LogP contribution is -2.09. The minimum atomic E-state index is -1.72. The van der Waals surface area contributed by atoms with Crippen LogP contribution in [0.2, 0.25) is 0 Å². The van der Waals surface area contributed by atoms with E-state index in [0.29, 0.717) is 5.39 Å². The quantitative estimate of drug-likeness (QED) is 0.791. The molecule has 0 bridgehead atoms. The Morgan fingerprint density at radius 3 is 2.80 bits per heavy atom. The molecule has 0 aliphatic rings. The first kappa shape index (κ1) is 9.67. The largest absolute Gasteiger partial charge is 0.479 e. The molecule has 4 nitrogen and oxygen atoms in total. The maximum Gasteiger partial charge on any atom is 0.340 e. The molecule has 0 saturated carbocycles. The molecule has 0 amide bonds. The first-order valence-corrected chi connectivity index (χ1v) is 4.18. The highest BCUT2D eigenvalue weighted by Gasteiger charge is 2.20. The lowest BCUT2D eigenvalue weighted by Gasteiger charge is -1.98. The topological polar surface area (TPSA) is 70.7 Å². The number of aliphatic hydroxyl groups excluding tert-OH is 1. The van der Waals surface area contributed by atoms with Crippen LogP contribution in [0.4, 0.5) is 4.39 Å². The zero-order valence-electron chi connectivity index (χ0n) is 7.48. The molecule has 0 aliphatic heterocycles. The van der Waals surface area contributed by atoms with Crippen molar-refractivity contribution in [2.24, 2.45) is 0 Å². The third kappa shape index (κ3) is 1.69. The molecule has 1 aromatic heterocycles. The number of rotatable bonds is 2. The Hall–Kier alpha value is -1.88. The summed E-state index contributed by atoms with van der Waals surface area (Å²) in [6, 6.07) is 5.18. The van der Waals surface area contributed by atoms with Gasteiger partial charge in [-0.2, -0.15) is 0 Å². The van der Waals surface area contributed by atoms with E-state index in [2.05, 4.69) is 0 Å². The van der Waals surface area contributed by atoms with Gasteiger partial charge >= 0.3 is 5.97 Å². The van der Waals surface area contributed by atoms with Crippen molar-refractivity contribution in [3.8, 4) is 0 Å². The molecule has 1 aromatic carbocycles. The second-order valence-corrected chi connectivity index (χ2v) is 3.07. The fourth-order valence-corrected chi connectivity index (χ4v) is 1.28. The van der Waals surface area contributed by atoms with Crippen LogP contribution in [0.5, 0.6) is 0 Å². The van der Waals surface area contributed by atoms with Gasteiger partial charge in [-0.25, -0.2) is 9.18 Å². The van der Waals surface area contributed by atoms with Gasteiger partial charge in [0.2, 0.25) is 6.10 Å². The van der Waals surface area contributed by atoms with Crippen molar-refractivity contribution >= 4 is 16.9 Å². The van der Waals surface area contributed by atoms with Crippen LogP contribution in [-0.2, 0) is 4.79 Å². The standard InChI is InChI=1S/C10H7FO4/c11-6-2-1-5-3-8(9(12)10(13)14)15-7(5)4-6/h1-4,9,12H,(H,13,14). The van der Waals surface area contributed by atoms with Crippen molar-refractivity contribution in [3.63, 3.8) is 0 Å². The van der Waals surface area contributed by atoms with E-state index in [1.165, 1.54) is 18.2 Å². The van der Waals surface area contributed by atoms with E-state index in [9.17, 15) is 14.3 Å². The van der Waals surface area contributed by atoms with Crippen molar-refractivity contribution in [1.82, 2.24) is 0 Å². The highest BCUT2D eigenvalue weighted by Crippen LogP contribution is 2.24. The van der Waals surface area contributed by atoms with Crippen molar-refractivity contribution < 1.29 is 23.8 Å². The number of aliphatic hydroxyl groups is 1. The van der Waals surface area contributed by atoms with Crippen LogP contribution in [0.15, 0.2) is 28.7 Å². The minimum absolute atomic E-state index is 0.108. The Morgan fingerprint density at radius 2 is 2.13 bits per heavy atom. The van der Waals surface area contributed by atoms with E-state index in [0.717, 1.165) is 6.07 Å². The van der Waals surface area contributed by atoms with E-state index >= 15 is 0 Å². The van der Waals surface area contributed by atoms with Crippen LogP contribution in [0.25, 0.3) is 11.0 Å². The van der Waals surface area contributed by atoms with Gasteiger partial charge in [0.25, 0.3) is 0 Å². The molecule has 0 saturated heterocycles. The molecular weight excluding hydrogens is 203 g/mol. The summed E-state index contributed by atoms with van der Waals surface area (Å²) in [5.41, 5.74) is 0.213. The van der Waals surface area contributed by atoms with Gasteiger partial charge < -0.3 is 14.6 Å². The van der Waals surface area contributed by atoms with E-state index in [-0.39, 0.29) is 11.3 Å². The molecule has 0 fully saturated rings. The number of carboxylic acids is 1. The summed E-state index contributed by atoms with van der Waals surface area (Å²) >= 11 is 0. The highest BCUT2D eigenvalue weighted by atomic mass is 19.1. The predicted octanol–water partition coefficient (Wildman–Crippen LogP) is 1.69. The van der Waals surface area contributed by atoms with E-state index < -0.39 is 17.9 Å². The summed E-state index contributed by atoms with van der Waals surface area (Å²) in [6.07, 6.45) is -1.72. The number of furan rings is 1. The zero-order valence-corrected chi connectivity index (χ0v) is 7.48. The van der Waals surface area contributed by atoms with Gasteiger partial charge in [-0.15, -0.1) is 0 Å². The summed E-state index contributed by atoms with van der Waals surface area (Å²) in [5.74, 6) is -1.99. The van der Waals surface area contributed by atoms with Crippen molar-refractivity contribution in [2.45, 2.75) is 6.10 Å². The van der Waals surface area contributed by atoms with Gasteiger partial charge in [-0.05, 0) is 18.2 Å². The smallest absolute Gasteiger partial charge is 0.340 e. The van der Waals surface area contributed by atoms with Crippen LogP contribution in [-0.4, -0.2) is 16.2 Å². The first-order chi connectivity index (χ1) is 7.08. The molecular formula is C10H7FO4. The van der Waals surface area contributed by atoms with Gasteiger partial charge in [0.05, 0.1) is 0 Å². The maximum absolute atomic E-state index is 12.8. The Labute approximate surface area is 83.6 Å². The second kappa shape index (κ2) is 3.36. The molecule has 15 heavy (non-hydrogen) atoms. The van der Waals surface area contributed by atoms with Crippen molar-refractivity contribution in [2.75, 3.05) is 0 Å². The predicted molar refractivity (Wildman–Crippen MR) is 48.8 cm³/mol. The van der Waals surface area contributed by atoms with E-state index in [1.54, 1.807) is 0 Å². The van der Waals surface area contributed by atoms with Gasteiger partial charge in [0.1, 0.15) is 17.2 Å². The number of aliphatic carboxylic acids is 1. The molecule has 0 aliphatic carbocycles. The molecule has 1 atom stereocenters. The summed E-state index contributed by atoms with van der Waals surface area (Å²) in [5, 5.41) is 18.3. The van der Waals surface area contributed by atoms with Gasteiger partial charge in [-0.3, -0.25) is 0 Å². The van der Waals surface area contributed by atoms with E-state index in [4.69, 9.17) is 9.52 Å². The summed E-state index contributed by atoms with van der Waals surface area (Å²) in [7, 11) is 0. The molecule has 1 unspecified atom stereocenters. The second-order valence-electron chi connectivity index (χ2n) is 3.07. The number of fused-ring (bicyclic) bond motifs is 1. The van der Waals surface area contributed by atoms with Gasteiger partial charge in [0.15, 0.2) is 0 Å². The van der Waals surface area contributed by atoms with Crippen LogP contribution in [0.1, 0.15) is 11.9 Å². The van der Waals surface area contributed by atoms with Crippen molar-refractivity contribution in [1.29, 1.82) is 0 Å². The molecule has 0 radical (unpaired) electrons. The average Bonchev–Trinajstić information content (AvgIpc) is 2.58. The fourth-order valence-electron chi connectivity index (χ4n) is 1.28. The molecule has 5 heteroatoms. The van der Waals surface area contributed by atoms with Crippen LogP contribution in [0.3, 0.4) is 0 Å². The number of carbonyl (C=O) groups is 1. The molecule has 2 rings (SSSR count). The Morgan fingerprint density at radius 1 is 1.40 bits per heavy atom. The zero-order chi connectivity index (χ0) is 11.0. The third-order valence-corrected chi connectivity index (χ3v) is 2.00. The Kier molecular flexibility index (Phi) is 2.17.